The maximum atomic E-state index is 14.7. The Balaban J connectivity index is 1.56. The van der Waals surface area contributed by atoms with Crippen LogP contribution in [0.15, 0.2) is 24.4 Å². The van der Waals surface area contributed by atoms with Crippen LogP contribution in [0.5, 0.6) is 0 Å². The third-order valence-electron chi connectivity index (χ3n) is 5.70. The Hall–Kier alpha value is -3.08. The molecule has 0 unspecified atom stereocenters. The van der Waals surface area contributed by atoms with Crippen LogP contribution in [0.25, 0.3) is 22.3 Å². The summed E-state index contributed by atoms with van der Waals surface area (Å²) in [5, 5.41) is 10.8. The van der Waals surface area contributed by atoms with E-state index in [0.717, 1.165) is 6.92 Å². The van der Waals surface area contributed by atoms with E-state index >= 15 is 0 Å². The molecule has 0 saturated carbocycles. The molecule has 11 heteroatoms. The molecule has 3 aromatic rings. The zero-order valence-corrected chi connectivity index (χ0v) is 18.3. The number of nitrogens with zero attached hydrogens (tertiary/aromatic N) is 5. The van der Waals surface area contributed by atoms with Gasteiger partial charge in [-0.3, -0.25) is 14.7 Å². The number of rotatable bonds is 6. The summed E-state index contributed by atoms with van der Waals surface area (Å²) in [7, 11) is 0. The highest BCUT2D eigenvalue weighted by atomic mass is 19.3. The molecule has 3 heterocycles. The zero-order chi connectivity index (χ0) is 23.8. The molecule has 7 nitrogen and oxygen atoms in total. The number of pyridine rings is 1. The summed E-state index contributed by atoms with van der Waals surface area (Å²) in [6, 6.07) is 4.01. The Morgan fingerprint density at radius 3 is 2.61 bits per heavy atom. The highest BCUT2D eigenvalue weighted by Gasteiger charge is 2.30. The molecule has 0 bridgehead atoms. The maximum Gasteiger partial charge on any atom is 0.257 e. The molecule has 1 amide bonds. The van der Waals surface area contributed by atoms with Gasteiger partial charge < -0.3 is 5.32 Å². The first-order valence-corrected chi connectivity index (χ1v) is 10.8. The number of carbonyl (C=O) groups is 1. The highest BCUT2D eigenvalue weighted by molar-refractivity contribution is 5.95. The predicted octanol–water partition coefficient (Wildman–Crippen LogP) is 3.81. The number of alkyl halides is 2. The fourth-order valence-corrected chi connectivity index (χ4v) is 4.15. The van der Waals surface area contributed by atoms with E-state index in [1.54, 1.807) is 16.5 Å². The van der Waals surface area contributed by atoms with Crippen LogP contribution >= 0.6 is 0 Å². The summed E-state index contributed by atoms with van der Waals surface area (Å²) in [5.41, 5.74) is 0.768. The number of amides is 1. The fourth-order valence-electron chi connectivity index (χ4n) is 4.15. The van der Waals surface area contributed by atoms with Crippen molar-refractivity contribution in [1.29, 1.82) is 0 Å². The van der Waals surface area contributed by atoms with Crippen LogP contribution in [0.2, 0.25) is 0 Å². The normalized spacial score (nSPS) is 15.8. The van der Waals surface area contributed by atoms with Gasteiger partial charge in [0.2, 0.25) is 0 Å². The van der Waals surface area contributed by atoms with Gasteiger partial charge in [0, 0.05) is 32.1 Å². The van der Waals surface area contributed by atoms with E-state index in [-0.39, 0.29) is 29.4 Å². The molecule has 33 heavy (non-hydrogen) atoms. The molecule has 1 saturated heterocycles. The Labute approximate surface area is 187 Å². The number of benzene rings is 1. The molecular formula is C22H24F4N6O. The van der Waals surface area contributed by atoms with Crippen LogP contribution in [-0.2, 0) is 0 Å². The van der Waals surface area contributed by atoms with Gasteiger partial charge in [0.05, 0.1) is 30.0 Å². The van der Waals surface area contributed by atoms with Crippen molar-refractivity contribution in [2.24, 2.45) is 0 Å². The minimum Gasteiger partial charge on any atom is -0.352 e. The second-order valence-corrected chi connectivity index (χ2v) is 8.32. The number of hydrogen-bond donors (Lipinski definition) is 1. The van der Waals surface area contributed by atoms with Gasteiger partial charge in [0.25, 0.3) is 11.8 Å². The van der Waals surface area contributed by atoms with Crippen molar-refractivity contribution in [2.75, 3.05) is 26.2 Å². The van der Waals surface area contributed by atoms with Crippen LogP contribution in [0.1, 0.15) is 43.1 Å². The molecule has 1 N–H and O–H groups in total. The molecule has 1 aliphatic rings. The molecule has 1 aromatic carbocycles. The van der Waals surface area contributed by atoms with Crippen LogP contribution in [-0.4, -0.2) is 62.9 Å². The summed E-state index contributed by atoms with van der Waals surface area (Å²) < 4.78 is 57.4. The quantitative estimate of drug-likeness (QED) is 0.562. The molecule has 0 atom stereocenters. The Morgan fingerprint density at radius 2 is 1.94 bits per heavy atom. The molecule has 176 valence electrons. The maximum absolute atomic E-state index is 14.7. The molecular weight excluding hydrogens is 440 g/mol. The van der Waals surface area contributed by atoms with Crippen molar-refractivity contribution >= 4 is 16.9 Å². The Bertz CT molecular complexity index is 1170. The van der Waals surface area contributed by atoms with Crippen molar-refractivity contribution in [2.45, 2.75) is 38.7 Å². The van der Waals surface area contributed by atoms with Crippen molar-refractivity contribution in [3.8, 4) is 11.3 Å². The summed E-state index contributed by atoms with van der Waals surface area (Å²) in [4.78, 5) is 17.9. The average Bonchev–Trinajstić information content (AvgIpc) is 3.18. The van der Waals surface area contributed by atoms with Crippen molar-refractivity contribution in [3.63, 3.8) is 0 Å². The van der Waals surface area contributed by atoms with E-state index in [9.17, 15) is 22.4 Å². The Kier molecular flexibility index (Phi) is 6.33. The summed E-state index contributed by atoms with van der Waals surface area (Å²) in [6.07, 6.45) is 2.76. The lowest BCUT2D eigenvalue weighted by molar-refractivity contribution is -0.0220. The van der Waals surface area contributed by atoms with Crippen molar-refractivity contribution < 1.29 is 22.4 Å². The highest BCUT2D eigenvalue weighted by Crippen LogP contribution is 2.30. The monoisotopic (exact) mass is 464 g/mol. The summed E-state index contributed by atoms with van der Waals surface area (Å²) >= 11 is 0. The first-order chi connectivity index (χ1) is 15.7. The second-order valence-electron chi connectivity index (χ2n) is 8.32. The molecule has 1 aliphatic heterocycles. The number of piperidine rings is 1. The molecule has 0 spiro atoms. The minimum absolute atomic E-state index is 0.0186. The van der Waals surface area contributed by atoms with Gasteiger partial charge in [0.15, 0.2) is 11.6 Å². The lowest BCUT2D eigenvalue weighted by Gasteiger charge is -2.33. The van der Waals surface area contributed by atoms with E-state index in [2.05, 4.69) is 20.6 Å². The predicted molar refractivity (Wildman–Crippen MR) is 114 cm³/mol. The Morgan fingerprint density at radius 1 is 1.21 bits per heavy atom. The van der Waals surface area contributed by atoms with Gasteiger partial charge in [0.1, 0.15) is 11.0 Å². The van der Waals surface area contributed by atoms with Crippen LogP contribution < -0.4 is 5.32 Å². The third kappa shape index (κ3) is 4.82. The third-order valence-corrected chi connectivity index (χ3v) is 5.70. The first-order valence-electron chi connectivity index (χ1n) is 10.8. The van der Waals surface area contributed by atoms with Gasteiger partial charge in [-0.2, -0.15) is 0 Å². The van der Waals surface area contributed by atoms with E-state index in [4.69, 9.17) is 0 Å². The van der Waals surface area contributed by atoms with Crippen LogP contribution in [0.3, 0.4) is 0 Å². The largest absolute Gasteiger partial charge is 0.352 e. The van der Waals surface area contributed by atoms with E-state index in [0.29, 0.717) is 43.5 Å². The number of fused-ring (bicyclic) bond motifs is 1. The van der Waals surface area contributed by atoms with Gasteiger partial charge in [-0.25, -0.2) is 22.2 Å². The van der Waals surface area contributed by atoms with Crippen molar-refractivity contribution in [3.05, 3.63) is 41.6 Å². The number of carbonyl (C=O) groups excluding carboxylic acids is 1. The number of nitrogens with one attached hydrogen (secondary N) is 1. The zero-order valence-electron chi connectivity index (χ0n) is 18.3. The number of halogens is 4. The van der Waals surface area contributed by atoms with Crippen LogP contribution in [0, 0.1) is 11.6 Å². The van der Waals surface area contributed by atoms with Gasteiger partial charge in [-0.15, -0.1) is 5.10 Å². The molecule has 0 aliphatic carbocycles. The lowest BCUT2D eigenvalue weighted by atomic mass is 10.0. The number of aromatic nitrogens is 4. The number of likely N-dealkylation sites (tertiary alicyclic amines) is 1. The topological polar surface area (TPSA) is 75.9 Å². The lowest BCUT2D eigenvalue weighted by Crippen LogP contribution is -2.41. The second kappa shape index (κ2) is 9.05. The van der Waals surface area contributed by atoms with Gasteiger partial charge >= 0.3 is 0 Å². The van der Waals surface area contributed by atoms with E-state index < -0.39 is 23.5 Å². The standard InChI is InChI=1S/C22H24F4N6O/c1-3-27-21(33)15-5-4-14(19(23)20(15)24)16-10-17-18(11-28-16)32(30-29-17)13-6-8-31(9-7-13)12-22(2,25)26/h4-5,10-11,13H,3,6-9,12H2,1-2H3,(H,27,33). The molecule has 0 radical (unpaired) electrons. The molecule has 4 rings (SSSR count). The average molecular weight is 464 g/mol. The number of hydrogen-bond acceptors (Lipinski definition) is 5. The molecule has 1 fully saturated rings. The first kappa shape index (κ1) is 23.1. The van der Waals surface area contributed by atoms with Gasteiger partial charge in [-0.05, 0) is 38.0 Å². The fraction of sp³-hybridized carbons (Fsp3) is 0.455. The summed E-state index contributed by atoms with van der Waals surface area (Å²) in [5.74, 6) is -5.84. The van der Waals surface area contributed by atoms with Crippen LogP contribution in [0.4, 0.5) is 17.6 Å². The summed E-state index contributed by atoms with van der Waals surface area (Å²) in [6.45, 7) is 3.64. The van der Waals surface area contributed by atoms with E-state index in [1.165, 1.54) is 24.4 Å². The van der Waals surface area contributed by atoms with E-state index in [1.807, 2.05) is 0 Å². The smallest absolute Gasteiger partial charge is 0.257 e. The molecule has 2 aromatic heterocycles. The van der Waals surface area contributed by atoms with Crippen molar-refractivity contribution in [1.82, 2.24) is 30.2 Å². The van der Waals surface area contributed by atoms with Gasteiger partial charge in [-0.1, -0.05) is 5.21 Å². The SMILES string of the molecule is CCNC(=O)c1ccc(-c2cc3nnn(C4CCN(CC(C)(F)F)CC4)c3cn2)c(F)c1F. The minimum atomic E-state index is -2.74.